The Hall–Kier alpha value is -1.09. The molecule has 3 N–H and O–H groups in total. The lowest BCUT2D eigenvalue weighted by molar-refractivity contribution is 1.11. The molecule has 1 aromatic rings. The van der Waals surface area contributed by atoms with E-state index < -0.39 is 0 Å². The molecule has 0 saturated carbocycles. The van der Waals surface area contributed by atoms with Crippen molar-refractivity contribution in [3.63, 3.8) is 0 Å². The maximum atomic E-state index is 5.35. The topological polar surface area (TPSA) is 38.0 Å². The highest BCUT2D eigenvalue weighted by Gasteiger charge is 1.90. The third-order valence-electron chi connectivity index (χ3n) is 1.47. The summed E-state index contributed by atoms with van der Waals surface area (Å²) in [5, 5.41) is 3.21. The maximum absolute atomic E-state index is 5.35. The second-order valence-corrected chi connectivity index (χ2v) is 3.03. The number of hydrogen-bond acceptors (Lipinski definition) is 2. The molecule has 0 saturated heterocycles. The smallest absolute Gasteiger partial charge is 0.0745 e. The molecule has 2 nitrogen and oxygen atoms in total. The van der Waals surface area contributed by atoms with Gasteiger partial charge in [0.05, 0.1) is 4.99 Å². The van der Waals surface area contributed by atoms with Gasteiger partial charge in [0.25, 0.3) is 0 Å². The summed E-state index contributed by atoms with van der Waals surface area (Å²) in [6.07, 6.45) is 0.740. The number of anilines is 1. The molecule has 0 atom stereocenters. The average molecular weight is 180 g/mol. The van der Waals surface area contributed by atoms with Gasteiger partial charge in [-0.15, -0.1) is 0 Å². The number of para-hydroxylation sites is 1. The highest BCUT2D eigenvalue weighted by atomic mass is 32.1. The Labute approximate surface area is 77.8 Å². The Bertz CT molecular complexity index is 246. The molecule has 0 spiro atoms. The van der Waals surface area contributed by atoms with Gasteiger partial charge in [0.1, 0.15) is 0 Å². The molecule has 0 heterocycles. The van der Waals surface area contributed by atoms with Crippen LogP contribution in [0.1, 0.15) is 6.42 Å². The summed E-state index contributed by atoms with van der Waals surface area (Å²) in [4.78, 5) is 0.554. The van der Waals surface area contributed by atoms with Crippen LogP contribution in [0.3, 0.4) is 0 Å². The van der Waals surface area contributed by atoms with Crippen LogP contribution in [0.2, 0.25) is 0 Å². The van der Waals surface area contributed by atoms with E-state index in [2.05, 4.69) is 5.32 Å². The van der Waals surface area contributed by atoms with Gasteiger partial charge in [-0.25, -0.2) is 0 Å². The van der Waals surface area contributed by atoms with E-state index >= 15 is 0 Å². The van der Waals surface area contributed by atoms with Crippen molar-refractivity contribution in [2.45, 2.75) is 6.42 Å². The highest BCUT2D eigenvalue weighted by molar-refractivity contribution is 7.80. The van der Waals surface area contributed by atoms with E-state index in [1.54, 1.807) is 0 Å². The van der Waals surface area contributed by atoms with Crippen LogP contribution in [0.4, 0.5) is 5.69 Å². The lowest BCUT2D eigenvalue weighted by atomic mass is 10.3. The van der Waals surface area contributed by atoms with Crippen LogP contribution in [-0.2, 0) is 0 Å². The van der Waals surface area contributed by atoms with E-state index in [9.17, 15) is 0 Å². The van der Waals surface area contributed by atoms with Gasteiger partial charge in [0.15, 0.2) is 0 Å². The summed E-state index contributed by atoms with van der Waals surface area (Å²) >= 11 is 4.75. The summed E-state index contributed by atoms with van der Waals surface area (Å²) in [5.41, 5.74) is 6.45. The van der Waals surface area contributed by atoms with Gasteiger partial charge in [0, 0.05) is 18.7 Å². The zero-order valence-electron chi connectivity index (χ0n) is 6.79. The first-order valence-electron chi connectivity index (χ1n) is 3.86. The summed E-state index contributed by atoms with van der Waals surface area (Å²) in [5.74, 6) is 0. The van der Waals surface area contributed by atoms with E-state index in [1.165, 1.54) is 0 Å². The fraction of sp³-hybridized carbons (Fsp3) is 0.222. The molecule has 64 valence electrons. The SMILES string of the molecule is NC(=S)CCNc1ccccc1. The Morgan fingerprint density at radius 1 is 1.33 bits per heavy atom. The van der Waals surface area contributed by atoms with Crippen LogP contribution in [0, 0.1) is 0 Å². The summed E-state index contributed by atoms with van der Waals surface area (Å²) in [6.45, 7) is 0.805. The van der Waals surface area contributed by atoms with Crippen LogP contribution in [0.25, 0.3) is 0 Å². The van der Waals surface area contributed by atoms with E-state index in [0.29, 0.717) is 4.99 Å². The van der Waals surface area contributed by atoms with Crippen LogP contribution in [0.15, 0.2) is 30.3 Å². The van der Waals surface area contributed by atoms with Crippen molar-refractivity contribution in [3.8, 4) is 0 Å². The predicted octanol–water partition coefficient (Wildman–Crippen LogP) is 1.77. The average Bonchev–Trinajstić information content (AvgIpc) is 2.05. The van der Waals surface area contributed by atoms with E-state index in [-0.39, 0.29) is 0 Å². The Morgan fingerprint density at radius 3 is 2.58 bits per heavy atom. The second-order valence-electron chi connectivity index (χ2n) is 2.51. The van der Waals surface area contributed by atoms with Gasteiger partial charge in [-0.2, -0.15) is 0 Å². The lowest BCUT2D eigenvalue weighted by Crippen LogP contribution is -2.13. The standard InChI is InChI=1S/C9H12N2S/c10-9(12)6-7-11-8-4-2-1-3-5-8/h1-5,11H,6-7H2,(H2,10,12). The molecule has 0 fully saturated rings. The number of rotatable bonds is 4. The van der Waals surface area contributed by atoms with Gasteiger partial charge in [0.2, 0.25) is 0 Å². The summed E-state index contributed by atoms with van der Waals surface area (Å²) < 4.78 is 0. The minimum Gasteiger partial charge on any atom is -0.393 e. The molecular weight excluding hydrogens is 168 g/mol. The Kier molecular flexibility index (Phi) is 3.54. The van der Waals surface area contributed by atoms with Crippen LogP contribution in [-0.4, -0.2) is 11.5 Å². The molecule has 0 aliphatic rings. The maximum Gasteiger partial charge on any atom is 0.0745 e. The van der Waals surface area contributed by atoms with E-state index in [4.69, 9.17) is 18.0 Å². The van der Waals surface area contributed by atoms with Crippen molar-refractivity contribution in [1.82, 2.24) is 0 Å². The van der Waals surface area contributed by atoms with Crippen molar-refractivity contribution in [2.24, 2.45) is 5.73 Å². The van der Waals surface area contributed by atoms with Crippen molar-refractivity contribution in [1.29, 1.82) is 0 Å². The Balaban J connectivity index is 2.29. The number of hydrogen-bond donors (Lipinski definition) is 2. The minimum atomic E-state index is 0.554. The Morgan fingerprint density at radius 2 is 2.00 bits per heavy atom. The van der Waals surface area contributed by atoms with Crippen molar-refractivity contribution in [3.05, 3.63) is 30.3 Å². The van der Waals surface area contributed by atoms with Crippen molar-refractivity contribution in [2.75, 3.05) is 11.9 Å². The molecule has 0 aromatic heterocycles. The molecule has 0 unspecified atom stereocenters. The zero-order valence-corrected chi connectivity index (χ0v) is 7.60. The first-order chi connectivity index (χ1) is 5.79. The van der Waals surface area contributed by atoms with Gasteiger partial charge in [-0.3, -0.25) is 0 Å². The first kappa shape index (κ1) is 9.00. The molecule has 12 heavy (non-hydrogen) atoms. The summed E-state index contributed by atoms with van der Waals surface area (Å²) in [6, 6.07) is 9.99. The molecule has 3 heteroatoms. The van der Waals surface area contributed by atoms with Crippen LogP contribution in [0.5, 0.6) is 0 Å². The fourth-order valence-corrected chi connectivity index (χ4v) is 0.988. The summed E-state index contributed by atoms with van der Waals surface area (Å²) in [7, 11) is 0. The molecule has 1 rings (SSSR count). The van der Waals surface area contributed by atoms with Crippen LogP contribution >= 0.6 is 12.2 Å². The van der Waals surface area contributed by atoms with Gasteiger partial charge >= 0.3 is 0 Å². The molecule has 0 radical (unpaired) electrons. The van der Waals surface area contributed by atoms with Crippen molar-refractivity contribution >= 4 is 22.9 Å². The molecule has 0 amide bonds. The number of nitrogens with two attached hydrogens (primary N) is 1. The van der Waals surface area contributed by atoms with Gasteiger partial charge in [-0.1, -0.05) is 30.4 Å². The molecule has 1 aromatic carbocycles. The molecule has 0 bridgehead atoms. The lowest BCUT2D eigenvalue weighted by Gasteiger charge is -2.03. The predicted molar refractivity (Wildman–Crippen MR) is 56.3 cm³/mol. The van der Waals surface area contributed by atoms with Crippen molar-refractivity contribution < 1.29 is 0 Å². The molecular formula is C9H12N2S. The molecule has 0 aliphatic carbocycles. The van der Waals surface area contributed by atoms with E-state index in [1.807, 2.05) is 30.3 Å². The first-order valence-corrected chi connectivity index (χ1v) is 4.27. The third kappa shape index (κ3) is 3.34. The van der Waals surface area contributed by atoms with Gasteiger partial charge < -0.3 is 11.1 Å². The second kappa shape index (κ2) is 4.72. The highest BCUT2D eigenvalue weighted by Crippen LogP contribution is 2.04. The van der Waals surface area contributed by atoms with Gasteiger partial charge in [-0.05, 0) is 12.1 Å². The minimum absolute atomic E-state index is 0.554. The number of benzene rings is 1. The van der Waals surface area contributed by atoms with E-state index in [0.717, 1.165) is 18.7 Å². The number of nitrogens with one attached hydrogen (secondary N) is 1. The zero-order chi connectivity index (χ0) is 8.81. The quantitative estimate of drug-likeness (QED) is 0.694. The number of thiocarbonyl (C=S) groups is 1. The monoisotopic (exact) mass is 180 g/mol. The third-order valence-corrected chi connectivity index (χ3v) is 1.68. The largest absolute Gasteiger partial charge is 0.393 e. The molecule has 0 aliphatic heterocycles. The fourth-order valence-electron chi connectivity index (χ4n) is 0.886. The van der Waals surface area contributed by atoms with Crippen LogP contribution < -0.4 is 11.1 Å². The normalized spacial score (nSPS) is 9.33.